The maximum absolute atomic E-state index is 5.73. The molecule has 17 heavy (non-hydrogen) atoms. The van der Waals surface area contributed by atoms with Gasteiger partial charge < -0.3 is 5.73 Å². The molecule has 2 aromatic rings. The number of anilines is 1. The van der Waals surface area contributed by atoms with Gasteiger partial charge in [0, 0.05) is 17.0 Å². The van der Waals surface area contributed by atoms with Gasteiger partial charge in [0.25, 0.3) is 0 Å². The smallest absolute Gasteiger partial charge is 0.194 e. The summed E-state index contributed by atoms with van der Waals surface area (Å²) < 4.78 is 0. The normalized spacial score (nSPS) is 10.5. The third-order valence-corrected chi connectivity index (χ3v) is 3.20. The lowest BCUT2D eigenvalue weighted by Gasteiger charge is -2.05. The molecular formula is C11H13N5S. The van der Waals surface area contributed by atoms with E-state index in [0.717, 1.165) is 22.0 Å². The number of hydrogen-bond donors (Lipinski definition) is 1. The first-order valence-electron chi connectivity index (χ1n) is 5.13. The molecule has 0 aliphatic rings. The van der Waals surface area contributed by atoms with Crippen molar-refractivity contribution in [3.05, 3.63) is 29.3 Å². The van der Waals surface area contributed by atoms with Crippen molar-refractivity contribution in [2.24, 2.45) is 0 Å². The molecule has 2 N–H and O–H groups in total. The van der Waals surface area contributed by atoms with Crippen LogP contribution in [-0.4, -0.2) is 19.9 Å². The molecule has 0 bridgehead atoms. The minimum atomic E-state index is 0.492. The molecule has 2 aromatic heterocycles. The molecule has 0 aliphatic heterocycles. The van der Waals surface area contributed by atoms with Crippen LogP contribution < -0.4 is 5.73 Å². The highest BCUT2D eigenvalue weighted by Gasteiger charge is 2.08. The minimum Gasteiger partial charge on any atom is -0.383 e. The van der Waals surface area contributed by atoms with Gasteiger partial charge in [-0.15, -0.1) is 0 Å². The van der Waals surface area contributed by atoms with Crippen molar-refractivity contribution in [3.63, 3.8) is 0 Å². The Morgan fingerprint density at radius 2 is 1.71 bits per heavy atom. The number of rotatable bonds is 2. The third-order valence-electron chi connectivity index (χ3n) is 2.23. The van der Waals surface area contributed by atoms with E-state index in [4.69, 9.17) is 5.73 Å². The maximum atomic E-state index is 5.73. The van der Waals surface area contributed by atoms with E-state index in [-0.39, 0.29) is 0 Å². The van der Waals surface area contributed by atoms with Gasteiger partial charge in [0.2, 0.25) is 0 Å². The molecule has 0 aliphatic carbocycles. The zero-order valence-electron chi connectivity index (χ0n) is 9.93. The Kier molecular flexibility index (Phi) is 3.23. The SMILES string of the molecule is Cc1cc(C)nc(Sc2ncnc(N)c2C)n1. The molecule has 0 atom stereocenters. The van der Waals surface area contributed by atoms with Gasteiger partial charge in [0.05, 0.1) is 0 Å². The largest absolute Gasteiger partial charge is 0.383 e. The molecule has 0 spiro atoms. The van der Waals surface area contributed by atoms with E-state index in [1.54, 1.807) is 0 Å². The lowest BCUT2D eigenvalue weighted by Crippen LogP contribution is -1.99. The predicted molar refractivity (Wildman–Crippen MR) is 66.8 cm³/mol. The number of nitrogen functional groups attached to an aromatic ring is 1. The quantitative estimate of drug-likeness (QED) is 0.645. The molecular weight excluding hydrogens is 234 g/mol. The van der Waals surface area contributed by atoms with Crippen LogP contribution >= 0.6 is 11.8 Å². The Morgan fingerprint density at radius 1 is 1.06 bits per heavy atom. The van der Waals surface area contributed by atoms with Gasteiger partial charge in [-0.2, -0.15) is 0 Å². The molecule has 0 aromatic carbocycles. The van der Waals surface area contributed by atoms with Gasteiger partial charge in [-0.1, -0.05) is 0 Å². The Bertz CT molecular complexity index is 535. The average molecular weight is 247 g/mol. The second kappa shape index (κ2) is 4.67. The van der Waals surface area contributed by atoms with E-state index in [0.29, 0.717) is 11.0 Å². The van der Waals surface area contributed by atoms with E-state index < -0.39 is 0 Å². The van der Waals surface area contributed by atoms with Crippen molar-refractivity contribution in [2.75, 3.05) is 5.73 Å². The Hall–Kier alpha value is -1.69. The summed E-state index contributed by atoms with van der Waals surface area (Å²) in [6, 6.07) is 1.94. The number of nitrogens with two attached hydrogens (primary N) is 1. The van der Waals surface area contributed by atoms with Crippen molar-refractivity contribution in [1.82, 2.24) is 19.9 Å². The molecule has 88 valence electrons. The zero-order chi connectivity index (χ0) is 12.4. The fraction of sp³-hybridized carbons (Fsp3) is 0.273. The summed E-state index contributed by atoms with van der Waals surface area (Å²) in [5.41, 5.74) is 8.48. The standard InChI is InChI=1S/C11H13N5S/c1-6-4-7(2)16-11(15-6)17-10-8(3)9(12)13-5-14-10/h4-5H,1-3H3,(H2,12,13,14). The zero-order valence-corrected chi connectivity index (χ0v) is 10.7. The summed E-state index contributed by atoms with van der Waals surface area (Å²) in [6.07, 6.45) is 1.45. The maximum Gasteiger partial charge on any atom is 0.194 e. The van der Waals surface area contributed by atoms with E-state index in [1.165, 1.54) is 18.1 Å². The lowest BCUT2D eigenvalue weighted by atomic mass is 10.3. The van der Waals surface area contributed by atoms with E-state index >= 15 is 0 Å². The van der Waals surface area contributed by atoms with Gasteiger partial charge in [-0.3, -0.25) is 0 Å². The molecule has 2 rings (SSSR count). The molecule has 0 saturated carbocycles. The van der Waals surface area contributed by atoms with Crippen LogP contribution in [0.4, 0.5) is 5.82 Å². The Labute approximate surface area is 104 Å². The summed E-state index contributed by atoms with van der Waals surface area (Å²) in [7, 11) is 0. The van der Waals surface area contributed by atoms with E-state index in [1.807, 2.05) is 26.8 Å². The van der Waals surface area contributed by atoms with Gasteiger partial charge in [0.15, 0.2) is 5.16 Å². The lowest BCUT2D eigenvalue weighted by molar-refractivity contribution is 0.895. The van der Waals surface area contributed by atoms with Crippen LogP contribution in [0.5, 0.6) is 0 Å². The first kappa shape index (κ1) is 11.8. The highest BCUT2D eigenvalue weighted by Crippen LogP contribution is 2.27. The molecule has 2 heterocycles. The van der Waals surface area contributed by atoms with Crippen molar-refractivity contribution < 1.29 is 0 Å². The molecule has 5 nitrogen and oxygen atoms in total. The third kappa shape index (κ3) is 2.71. The van der Waals surface area contributed by atoms with Crippen LogP contribution in [-0.2, 0) is 0 Å². The second-order valence-electron chi connectivity index (χ2n) is 3.72. The van der Waals surface area contributed by atoms with E-state index in [9.17, 15) is 0 Å². The number of aryl methyl sites for hydroxylation is 2. The van der Waals surface area contributed by atoms with Gasteiger partial charge in [0.1, 0.15) is 17.2 Å². The van der Waals surface area contributed by atoms with Crippen molar-refractivity contribution in [1.29, 1.82) is 0 Å². The Morgan fingerprint density at radius 3 is 2.35 bits per heavy atom. The van der Waals surface area contributed by atoms with Crippen molar-refractivity contribution >= 4 is 17.6 Å². The number of hydrogen-bond acceptors (Lipinski definition) is 6. The number of aromatic nitrogens is 4. The first-order chi connectivity index (χ1) is 8.06. The fourth-order valence-electron chi connectivity index (χ4n) is 1.38. The molecule has 0 saturated heterocycles. The molecule has 0 unspecified atom stereocenters. The van der Waals surface area contributed by atoms with Crippen LogP contribution in [0.1, 0.15) is 17.0 Å². The second-order valence-corrected chi connectivity index (χ2v) is 4.68. The van der Waals surface area contributed by atoms with E-state index in [2.05, 4.69) is 19.9 Å². The molecule has 0 fully saturated rings. The topological polar surface area (TPSA) is 77.6 Å². The molecule has 6 heteroatoms. The van der Waals surface area contributed by atoms with Crippen LogP contribution in [0.3, 0.4) is 0 Å². The first-order valence-corrected chi connectivity index (χ1v) is 5.95. The highest BCUT2D eigenvalue weighted by atomic mass is 32.2. The summed E-state index contributed by atoms with van der Waals surface area (Å²) in [6.45, 7) is 5.78. The minimum absolute atomic E-state index is 0.492. The van der Waals surface area contributed by atoms with Crippen LogP contribution in [0.25, 0.3) is 0 Å². The van der Waals surface area contributed by atoms with Crippen molar-refractivity contribution in [3.8, 4) is 0 Å². The van der Waals surface area contributed by atoms with Crippen LogP contribution in [0, 0.1) is 20.8 Å². The fourth-order valence-corrected chi connectivity index (χ4v) is 2.29. The summed E-state index contributed by atoms with van der Waals surface area (Å²) >= 11 is 1.40. The summed E-state index contributed by atoms with van der Waals surface area (Å²) in [5, 5.41) is 1.48. The predicted octanol–water partition coefficient (Wildman–Crippen LogP) is 1.93. The van der Waals surface area contributed by atoms with Crippen LogP contribution in [0.2, 0.25) is 0 Å². The van der Waals surface area contributed by atoms with Gasteiger partial charge in [-0.25, -0.2) is 19.9 Å². The summed E-state index contributed by atoms with van der Waals surface area (Å²) in [5.74, 6) is 0.492. The van der Waals surface area contributed by atoms with Crippen LogP contribution in [0.15, 0.2) is 22.6 Å². The Balaban J connectivity index is 2.34. The average Bonchev–Trinajstić information content (AvgIpc) is 2.23. The summed E-state index contributed by atoms with van der Waals surface area (Å²) in [4.78, 5) is 16.8. The van der Waals surface area contributed by atoms with Crippen molar-refractivity contribution in [2.45, 2.75) is 31.0 Å². The number of nitrogens with zero attached hydrogens (tertiary/aromatic N) is 4. The molecule has 0 amide bonds. The highest BCUT2D eigenvalue weighted by molar-refractivity contribution is 7.99. The van der Waals surface area contributed by atoms with Gasteiger partial charge in [-0.05, 0) is 38.6 Å². The molecule has 0 radical (unpaired) electrons. The van der Waals surface area contributed by atoms with Gasteiger partial charge >= 0.3 is 0 Å². The monoisotopic (exact) mass is 247 g/mol.